The standard InChI is InChI=1S/C22H20BrCl2N3O5/c1-11-12(2)18(6-5-16(11)23)26-19(29)10-33-22(32)13-7-20(30)28(9-13)27-21(31)15-4-3-14(24)8-17(15)25/h3-6,8,13H,7,9-10H2,1-2H3,(H,26,29)(H,27,31)/t13-/m1/s1. The lowest BCUT2D eigenvalue weighted by Crippen LogP contribution is -2.43. The Kier molecular flexibility index (Phi) is 7.99. The first-order valence-electron chi connectivity index (χ1n) is 9.85. The lowest BCUT2D eigenvalue weighted by Gasteiger charge is -2.18. The quantitative estimate of drug-likeness (QED) is 0.522. The summed E-state index contributed by atoms with van der Waals surface area (Å²) in [4.78, 5) is 49.2. The van der Waals surface area contributed by atoms with Crippen LogP contribution in [0.4, 0.5) is 5.69 Å². The van der Waals surface area contributed by atoms with E-state index in [0.717, 1.165) is 20.6 Å². The number of hydrazine groups is 1. The maximum absolute atomic E-state index is 12.4. The van der Waals surface area contributed by atoms with Crippen LogP contribution in [0, 0.1) is 19.8 Å². The van der Waals surface area contributed by atoms with E-state index in [9.17, 15) is 19.2 Å². The molecular weight excluding hydrogens is 537 g/mol. The van der Waals surface area contributed by atoms with Crippen molar-refractivity contribution in [3.63, 3.8) is 0 Å². The molecule has 0 spiro atoms. The largest absolute Gasteiger partial charge is 0.455 e. The fraction of sp³-hybridized carbons (Fsp3) is 0.273. The van der Waals surface area contributed by atoms with E-state index in [4.69, 9.17) is 27.9 Å². The summed E-state index contributed by atoms with van der Waals surface area (Å²) >= 11 is 15.3. The fourth-order valence-electron chi connectivity index (χ4n) is 3.19. The van der Waals surface area contributed by atoms with Crippen molar-refractivity contribution >= 4 is 68.5 Å². The number of hydrogen-bond donors (Lipinski definition) is 2. The van der Waals surface area contributed by atoms with E-state index >= 15 is 0 Å². The summed E-state index contributed by atoms with van der Waals surface area (Å²) in [6, 6.07) is 7.89. The van der Waals surface area contributed by atoms with E-state index in [2.05, 4.69) is 26.7 Å². The smallest absolute Gasteiger partial charge is 0.311 e. The van der Waals surface area contributed by atoms with Gasteiger partial charge in [-0.05, 0) is 55.3 Å². The number of esters is 1. The van der Waals surface area contributed by atoms with Crippen LogP contribution in [0.15, 0.2) is 34.8 Å². The molecule has 2 N–H and O–H groups in total. The average Bonchev–Trinajstić information content (AvgIpc) is 3.12. The van der Waals surface area contributed by atoms with Gasteiger partial charge in [0, 0.05) is 21.6 Å². The Morgan fingerprint density at radius 2 is 1.88 bits per heavy atom. The average molecular weight is 557 g/mol. The number of nitrogens with one attached hydrogen (secondary N) is 2. The third-order valence-electron chi connectivity index (χ3n) is 5.21. The van der Waals surface area contributed by atoms with E-state index < -0.39 is 36.2 Å². The van der Waals surface area contributed by atoms with Crippen molar-refractivity contribution in [1.29, 1.82) is 0 Å². The van der Waals surface area contributed by atoms with Gasteiger partial charge in [-0.1, -0.05) is 39.1 Å². The first-order chi connectivity index (χ1) is 15.6. The highest BCUT2D eigenvalue weighted by molar-refractivity contribution is 9.10. The van der Waals surface area contributed by atoms with Gasteiger partial charge >= 0.3 is 5.97 Å². The predicted octanol–water partition coefficient (Wildman–Crippen LogP) is 4.05. The minimum Gasteiger partial charge on any atom is -0.455 e. The molecule has 3 rings (SSSR count). The summed E-state index contributed by atoms with van der Waals surface area (Å²) in [6.07, 6.45) is -0.153. The summed E-state index contributed by atoms with van der Waals surface area (Å²) in [5.74, 6) is -3.09. The van der Waals surface area contributed by atoms with Crippen LogP contribution in [0.3, 0.4) is 0 Å². The second kappa shape index (κ2) is 10.5. The molecule has 1 saturated heterocycles. The molecule has 1 aliphatic rings. The summed E-state index contributed by atoms with van der Waals surface area (Å²) in [6.45, 7) is 3.20. The molecule has 1 atom stereocenters. The minimum atomic E-state index is -0.817. The predicted molar refractivity (Wildman–Crippen MR) is 127 cm³/mol. The molecule has 174 valence electrons. The lowest BCUT2D eigenvalue weighted by atomic mass is 10.1. The van der Waals surface area contributed by atoms with Crippen LogP contribution in [0.1, 0.15) is 27.9 Å². The van der Waals surface area contributed by atoms with E-state index in [1.54, 1.807) is 6.07 Å². The van der Waals surface area contributed by atoms with Crippen LogP contribution in [-0.2, 0) is 19.1 Å². The van der Waals surface area contributed by atoms with Gasteiger partial charge in [0.2, 0.25) is 5.91 Å². The van der Waals surface area contributed by atoms with Gasteiger partial charge in [0.1, 0.15) is 0 Å². The topological polar surface area (TPSA) is 105 Å². The van der Waals surface area contributed by atoms with Crippen molar-refractivity contribution in [1.82, 2.24) is 10.4 Å². The molecule has 2 aromatic carbocycles. The van der Waals surface area contributed by atoms with Crippen molar-refractivity contribution in [2.75, 3.05) is 18.5 Å². The third kappa shape index (κ3) is 6.04. The number of halogens is 3. The van der Waals surface area contributed by atoms with Gasteiger partial charge in [0.15, 0.2) is 6.61 Å². The van der Waals surface area contributed by atoms with Crippen molar-refractivity contribution in [2.45, 2.75) is 20.3 Å². The van der Waals surface area contributed by atoms with Gasteiger partial charge in [0.25, 0.3) is 11.8 Å². The number of nitrogens with zero attached hydrogens (tertiary/aromatic N) is 1. The lowest BCUT2D eigenvalue weighted by molar-refractivity contribution is -0.151. The van der Waals surface area contributed by atoms with Crippen LogP contribution in [0.25, 0.3) is 0 Å². The van der Waals surface area contributed by atoms with Crippen molar-refractivity contribution in [2.24, 2.45) is 5.92 Å². The van der Waals surface area contributed by atoms with Crippen molar-refractivity contribution in [3.05, 3.63) is 61.5 Å². The first kappa shape index (κ1) is 25.0. The van der Waals surface area contributed by atoms with Crippen LogP contribution in [0.5, 0.6) is 0 Å². The van der Waals surface area contributed by atoms with E-state index in [-0.39, 0.29) is 23.6 Å². The third-order valence-corrected chi connectivity index (χ3v) is 6.62. The number of rotatable bonds is 6. The van der Waals surface area contributed by atoms with Gasteiger partial charge < -0.3 is 10.1 Å². The Labute approximate surface area is 208 Å². The number of ether oxygens (including phenoxy) is 1. The maximum atomic E-state index is 12.4. The van der Waals surface area contributed by atoms with Gasteiger partial charge in [-0.2, -0.15) is 0 Å². The zero-order valence-electron chi connectivity index (χ0n) is 17.7. The fourth-order valence-corrected chi connectivity index (χ4v) is 4.12. The summed E-state index contributed by atoms with van der Waals surface area (Å²) in [7, 11) is 0. The van der Waals surface area contributed by atoms with Crippen LogP contribution in [-0.4, -0.2) is 41.9 Å². The zero-order chi connectivity index (χ0) is 24.3. The number of carbonyl (C=O) groups excluding carboxylic acids is 4. The van der Waals surface area contributed by atoms with Gasteiger partial charge in [-0.25, -0.2) is 0 Å². The second-order valence-corrected chi connectivity index (χ2v) is 9.17. The zero-order valence-corrected chi connectivity index (χ0v) is 20.8. The van der Waals surface area contributed by atoms with E-state index in [1.165, 1.54) is 18.2 Å². The molecule has 0 radical (unpaired) electrons. The second-order valence-electron chi connectivity index (χ2n) is 7.47. The molecule has 0 saturated carbocycles. The SMILES string of the molecule is Cc1c(Br)ccc(NC(=O)COC(=O)[C@@H]2CC(=O)N(NC(=O)c3ccc(Cl)cc3Cl)C2)c1C. The van der Waals surface area contributed by atoms with Crippen LogP contribution in [0.2, 0.25) is 10.0 Å². The van der Waals surface area contributed by atoms with E-state index in [0.29, 0.717) is 10.7 Å². The Bertz CT molecular complexity index is 1140. The summed E-state index contributed by atoms with van der Waals surface area (Å²) in [5.41, 5.74) is 5.05. The van der Waals surface area contributed by atoms with E-state index in [1.807, 2.05) is 19.9 Å². The molecule has 1 fully saturated rings. The molecule has 33 heavy (non-hydrogen) atoms. The Morgan fingerprint density at radius 1 is 1.15 bits per heavy atom. The van der Waals surface area contributed by atoms with Crippen LogP contribution >= 0.6 is 39.1 Å². The molecule has 1 heterocycles. The number of amides is 3. The Balaban J connectivity index is 1.52. The highest BCUT2D eigenvalue weighted by Crippen LogP contribution is 2.26. The number of benzene rings is 2. The number of hydrogen-bond acceptors (Lipinski definition) is 5. The molecule has 0 unspecified atom stereocenters. The molecule has 11 heteroatoms. The monoisotopic (exact) mass is 555 g/mol. The molecule has 8 nitrogen and oxygen atoms in total. The molecule has 0 aliphatic carbocycles. The summed E-state index contributed by atoms with van der Waals surface area (Å²) < 4.78 is 6.01. The Morgan fingerprint density at radius 3 is 2.58 bits per heavy atom. The highest BCUT2D eigenvalue weighted by Gasteiger charge is 2.37. The molecular formula is C22H20BrCl2N3O5. The first-order valence-corrected chi connectivity index (χ1v) is 11.4. The maximum Gasteiger partial charge on any atom is 0.311 e. The highest BCUT2D eigenvalue weighted by atomic mass is 79.9. The van der Waals surface area contributed by atoms with Gasteiger partial charge in [-0.3, -0.25) is 29.6 Å². The molecule has 2 aromatic rings. The van der Waals surface area contributed by atoms with Crippen molar-refractivity contribution < 1.29 is 23.9 Å². The normalized spacial score (nSPS) is 15.4. The molecule has 0 aromatic heterocycles. The molecule has 0 bridgehead atoms. The minimum absolute atomic E-state index is 0.0821. The number of carbonyl (C=O) groups is 4. The summed E-state index contributed by atoms with van der Waals surface area (Å²) in [5, 5.41) is 4.23. The van der Waals surface area contributed by atoms with Gasteiger partial charge in [-0.15, -0.1) is 0 Å². The Hall–Kier alpha value is -2.62. The van der Waals surface area contributed by atoms with Gasteiger partial charge in [0.05, 0.1) is 23.0 Å². The number of anilines is 1. The molecule has 3 amide bonds. The van der Waals surface area contributed by atoms with Crippen LogP contribution < -0.4 is 10.7 Å². The van der Waals surface area contributed by atoms with Crippen molar-refractivity contribution in [3.8, 4) is 0 Å². The molecule has 1 aliphatic heterocycles.